The molecule has 0 aliphatic rings. The highest BCUT2D eigenvalue weighted by Crippen LogP contribution is 2.28. The zero-order valence-corrected chi connectivity index (χ0v) is 16.4. The number of aryl methyl sites for hydroxylation is 1. The van der Waals surface area contributed by atoms with Crippen LogP contribution in [0.5, 0.6) is 0 Å². The van der Waals surface area contributed by atoms with Gasteiger partial charge in [-0.2, -0.15) is 5.10 Å². The van der Waals surface area contributed by atoms with E-state index in [9.17, 15) is 4.39 Å². The van der Waals surface area contributed by atoms with E-state index >= 15 is 0 Å². The molecule has 3 aromatic carbocycles. The summed E-state index contributed by atoms with van der Waals surface area (Å²) in [5, 5.41) is 9.30. The lowest BCUT2D eigenvalue weighted by Crippen LogP contribution is -1.91. The van der Waals surface area contributed by atoms with Crippen LogP contribution >= 0.6 is 11.3 Å². The summed E-state index contributed by atoms with van der Waals surface area (Å²) in [5.74, 6) is -0.271. The van der Waals surface area contributed by atoms with Crippen molar-refractivity contribution in [1.29, 1.82) is 0 Å². The maximum Gasteiger partial charge on any atom is 0.203 e. The van der Waals surface area contributed by atoms with E-state index < -0.39 is 0 Å². The summed E-state index contributed by atoms with van der Waals surface area (Å²) in [4.78, 5) is 4.47. The first kappa shape index (κ1) is 17.6. The molecule has 29 heavy (non-hydrogen) atoms. The highest BCUT2D eigenvalue weighted by molar-refractivity contribution is 7.14. The lowest BCUT2D eigenvalue weighted by Gasteiger charge is -1.99. The van der Waals surface area contributed by atoms with Gasteiger partial charge in [-0.25, -0.2) is 9.37 Å². The van der Waals surface area contributed by atoms with E-state index in [-0.39, 0.29) is 5.82 Å². The Morgan fingerprint density at radius 1 is 1.00 bits per heavy atom. The van der Waals surface area contributed by atoms with Gasteiger partial charge in [-0.05, 0) is 35.9 Å². The van der Waals surface area contributed by atoms with Crippen LogP contribution in [0.4, 0.5) is 9.52 Å². The normalized spacial score (nSPS) is 11.7. The number of aromatic nitrogens is 2. The van der Waals surface area contributed by atoms with Crippen LogP contribution in [-0.4, -0.2) is 15.8 Å². The molecule has 2 aromatic heterocycles. The summed E-state index contributed by atoms with van der Waals surface area (Å²) in [6.07, 6.45) is 1.78. The number of hydrazone groups is 1. The minimum Gasteiger partial charge on any atom is -0.344 e. The van der Waals surface area contributed by atoms with Crippen molar-refractivity contribution < 1.29 is 4.39 Å². The predicted molar refractivity (Wildman–Crippen MR) is 119 cm³/mol. The third kappa shape index (κ3) is 3.28. The van der Waals surface area contributed by atoms with E-state index in [4.69, 9.17) is 0 Å². The minimum absolute atomic E-state index is 0.271. The van der Waals surface area contributed by atoms with Gasteiger partial charge >= 0.3 is 0 Å². The van der Waals surface area contributed by atoms with Gasteiger partial charge in [0.2, 0.25) is 5.13 Å². The van der Waals surface area contributed by atoms with Crippen molar-refractivity contribution in [3.05, 3.63) is 83.5 Å². The van der Waals surface area contributed by atoms with Gasteiger partial charge in [-0.15, -0.1) is 11.3 Å². The first-order valence-corrected chi connectivity index (χ1v) is 10.0. The average molecular weight is 400 g/mol. The molecule has 0 saturated carbocycles. The second-order valence-corrected chi connectivity index (χ2v) is 7.63. The molecule has 2 heterocycles. The van der Waals surface area contributed by atoms with Crippen LogP contribution in [0.25, 0.3) is 33.1 Å². The highest BCUT2D eigenvalue weighted by Gasteiger charge is 2.08. The maximum absolute atomic E-state index is 13.4. The third-order valence-electron chi connectivity index (χ3n) is 4.94. The Kier molecular flexibility index (Phi) is 4.33. The van der Waals surface area contributed by atoms with Crippen molar-refractivity contribution in [3.8, 4) is 11.3 Å². The van der Waals surface area contributed by atoms with Crippen LogP contribution in [0.3, 0.4) is 0 Å². The van der Waals surface area contributed by atoms with Crippen LogP contribution in [0, 0.1) is 5.82 Å². The first-order valence-electron chi connectivity index (χ1n) is 9.17. The number of hydrogen-bond acceptors (Lipinski definition) is 4. The molecule has 0 aliphatic carbocycles. The van der Waals surface area contributed by atoms with Gasteiger partial charge in [0.25, 0.3) is 0 Å². The van der Waals surface area contributed by atoms with Crippen molar-refractivity contribution in [2.75, 3.05) is 5.43 Å². The van der Waals surface area contributed by atoms with Gasteiger partial charge in [0.1, 0.15) is 5.82 Å². The number of nitrogens with zero attached hydrogens (tertiary/aromatic N) is 3. The summed E-state index contributed by atoms with van der Waals surface area (Å²) in [5.41, 5.74) is 7.85. The molecule has 5 rings (SSSR count). The van der Waals surface area contributed by atoms with Crippen molar-refractivity contribution in [1.82, 2.24) is 9.55 Å². The predicted octanol–water partition coefficient (Wildman–Crippen LogP) is 6.04. The van der Waals surface area contributed by atoms with Gasteiger partial charge < -0.3 is 4.57 Å². The fraction of sp³-hybridized carbons (Fsp3) is 0.0435. The van der Waals surface area contributed by atoms with Crippen molar-refractivity contribution in [3.63, 3.8) is 0 Å². The van der Waals surface area contributed by atoms with Crippen LogP contribution in [0.2, 0.25) is 0 Å². The van der Waals surface area contributed by atoms with Crippen LogP contribution < -0.4 is 5.43 Å². The second kappa shape index (κ2) is 7.14. The molecule has 1 N–H and O–H groups in total. The largest absolute Gasteiger partial charge is 0.344 e. The lowest BCUT2D eigenvalue weighted by molar-refractivity contribution is 0.628. The Bertz CT molecular complexity index is 1370. The molecule has 5 aromatic rings. The molecule has 0 radical (unpaired) electrons. The van der Waals surface area contributed by atoms with Gasteiger partial charge in [0.15, 0.2) is 0 Å². The van der Waals surface area contributed by atoms with E-state index in [1.54, 1.807) is 12.3 Å². The molecule has 0 amide bonds. The van der Waals surface area contributed by atoms with Gasteiger partial charge in [0, 0.05) is 39.8 Å². The molecule has 4 nitrogen and oxygen atoms in total. The number of benzene rings is 3. The molecule has 0 fully saturated rings. The lowest BCUT2D eigenvalue weighted by atomic mass is 10.1. The van der Waals surface area contributed by atoms with E-state index in [1.165, 1.54) is 45.3 Å². The maximum atomic E-state index is 13.4. The second-order valence-electron chi connectivity index (χ2n) is 6.77. The minimum atomic E-state index is -0.271. The quantitative estimate of drug-likeness (QED) is 0.295. The molecule has 0 atom stereocenters. The van der Waals surface area contributed by atoms with Crippen molar-refractivity contribution >= 4 is 44.5 Å². The summed E-state index contributed by atoms with van der Waals surface area (Å²) in [6, 6.07) is 21.1. The molecule has 6 heteroatoms. The first-order chi connectivity index (χ1) is 14.2. The van der Waals surface area contributed by atoms with Gasteiger partial charge in [0.05, 0.1) is 11.9 Å². The topological polar surface area (TPSA) is 42.2 Å². The monoisotopic (exact) mass is 400 g/mol. The molecule has 142 valence electrons. The summed E-state index contributed by atoms with van der Waals surface area (Å²) in [6.45, 7) is 0. The van der Waals surface area contributed by atoms with Gasteiger partial charge in [-0.1, -0.05) is 36.4 Å². The number of thiazole rings is 1. The van der Waals surface area contributed by atoms with E-state index in [2.05, 4.69) is 63.5 Å². The van der Waals surface area contributed by atoms with Crippen LogP contribution in [0.1, 0.15) is 5.56 Å². The van der Waals surface area contributed by atoms with Crippen LogP contribution in [-0.2, 0) is 7.05 Å². The summed E-state index contributed by atoms with van der Waals surface area (Å²) >= 11 is 1.43. The number of para-hydroxylation sites is 1. The SMILES string of the molecule is Cn1c2ccccc2c2cc(/C=N/Nc3nc(-c4cccc(F)c4)cs3)ccc21. The molecular weight excluding hydrogens is 383 g/mol. The fourth-order valence-corrected chi connectivity index (χ4v) is 4.20. The van der Waals surface area contributed by atoms with E-state index in [0.29, 0.717) is 5.13 Å². The Balaban J connectivity index is 1.38. The van der Waals surface area contributed by atoms with E-state index in [0.717, 1.165) is 16.8 Å². The molecule has 0 aliphatic heterocycles. The number of fused-ring (bicyclic) bond motifs is 3. The highest BCUT2D eigenvalue weighted by atomic mass is 32.1. The third-order valence-corrected chi connectivity index (χ3v) is 5.68. The Morgan fingerprint density at radius 3 is 2.76 bits per heavy atom. The standard InChI is InChI=1S/C23H17FN4S/c1-28-21-8-3-2-7-18(21)19-11-15(9-10-22(19)28)13-25-27-23-26-20(14-29-23)16-5-4-6-17(24)12-16/h2-14H,1H3,(H,26,27)/b25-13+. The summed E-state index contributed by atoms with van der Waals surface area (Å²) in [7, 11) is 2.08. The van der Waals surface area contributed by atoms with Gasteiger partial charge in [-0.3, -0.25) is 5.43 Å². The molecule has 0 unspecified atom stereocenters. The number of hydrogen-bond donors (Lipinski definition) is 1. The Labute approximate surface area is 170 Å². The zero-order chi connectivity index (χ0) is 19.8. The Hall–Kier alpha value is -3.51. The molecule has 0 spiro atoms. The van der Waals surface area contributed by atoms with Crippen molar-refractivity contribution in [2.45, 2.75) is 0 Å². The smallest absolute Gasteiger partial charge is 0.203 e. The van der Waals surface area contributed by atoms with Crippen molar-refractivity contribution in [2.24, 2.45) is 12.1 Å². The molecule has 0 bridgehead atoms. The number of rotatable bonds is 4. The number of nitrogens with one attached hydrogen (secondary N) is 1. The molecule has 0 saturated heterocycles. The Morgan fingerprint density at radius 2 is 1.86 bits per heavy atom. The fourth-order valence-electron chi connectivity index (χ4n) is 3.53. The number of halogens is 1. The molecular formula is C23H17FN4S. The average Bonchev–Trinajstić information content (AvgIpc) is 3.32. The summed E-state index contributed by atoms with van der Waals surface area (Å²) < 4.78 is 15.6. The van der Waals surface area contributed by atoms with E-state index in [1.807, 2.05) is 17.5 Å². The zero-order valence-electron chi connectivity index (χ0n) is 15.6. The van der Waals surface area contributed by atoms with Crippen LogP contribution in [0.15, 0.2) is 77.2 Å². The number of anilines is 1.